The highest BCUT2D eigenvalue weighted by molar-refractivity contribution is 6.00. The van der Waals surface area contributed by atoms with Crippen LogP contribution < -0.4 is 9.47 Å². The van der Waals surface area contributed by atoms with Crippen molar-refractivity contribution in [3.05, 3.63) is 31.9 Å². The van der Waals surface area contributed by atoms with E-state index in [1.54, 1.807) is 0 Å². The van der Waals surface area contributed by atoms with Gasteiger partial charge in [-0.05, 0) is 0 Å². The molecule has 0 aliphatic carbocycles. The molecule has 10 heteroatoms. The van der Waals surface area contributed by atoms with Crippen LogP contribution in [0.5, 0.6) is 11.5 Å². The number of methoxy groups -OCH3 is 2. The van der Waals surface area contributed by atoms with Crippen LogP contribution in [0.4, 0.5) is 11.4 Å². The summed E-state index contributed by atoms with van der Waals surface area (Å²) < 4.78 is 9.33. The molecule has 10 nitrogen and oxygen atoms in total. The number of carboxylic acids is 1. The summed E-state index contributed by atoms with van der Waals surface area (Å²) >= 11 is 0. The highest BCUT2D eigenvalue weighted by Gasteiger charge is 2.38. The van der Waals surface area contributed by atoms with Gasteiger partial charge in [-0.15, -0.1) is 0 Å². The lowest BCUT2D eigenvalue weighted by atomic mass is 10.1. The van der Waals surface area contributed by atoms with Crippen LogP contribution in [0, 0.1) is 20.2 Å². The first-order valence-corrected chi connectivity index (χ1v) is 4.66. The first-order valence-electron chi connectivity index (χ1n) is 4.66. The first-order chi connectivity index (χ1) is 8.84. The maximum Gasteiger partial charge on any atom is 0.350 e. The minimum atomic E-state index is -1.82. The first kappa shape index (κ1) is 14.2. The van der Waals surface area contributed by atoms with Crippen LogP contribution in [0.3, 0.4) is 0 Å². The third-order valence-electron chi connectivity index (χ3n) is 2.22. The molecule has 0 unspecified atom stereocenters. The Morgan fingerprint density at radius 1 is 1.11 bits per heavy atom. The quantitative estimate of drug-likeness (QED) is 0.622. The second kappa shape index (κ2) is 5.16. The Balaban J connectivity index is 3.90. The van der Waals surface area contributed by atoms with E-state index >= 15 is 0 Å². The lowest BCUT2D eigenvalue weighted by Gasteiger charge is -2.08. The van der Waals surface area contributed by atoms with Crippen LogP contribution in [0.1, 0.15) is 10.4 Å². The number of carboxylic acid groups (broad SMARTS) is 1. The van der Waals surface area contributed by atoms with Gasteiger partial charge in [0.25, 0.3) is 0 Å². The zero-order chi connectivity index (χ0) is 14.7. The maximum absolute atomic E-state index is 11.1. The Morgan fingerprint density at radius 3 is 1.68 bits per heavy atom. The molecule has 19 heavy (non-hydrogen) atoms. The molecule has 1 rings (SSSR count). The molecule has 0 spiro atoms. The Bertz CT molecular complexity index is 528. The van der Waals surface area contributed by atoms with E-state index in [2.05, 4.69) is 9.47 Å². The molecule has 0 aromatic heterocycles. The van der Waals surface area contributed by atoms with Gasteiger partial charge in [0, 0.05) is 6.07 Å². The molecule has 1 aromatic rings. The summed E-state index contributed by atoms with van der Waals surface area (Å²) in [5.74, 6) is -2.70. The molecule has 0 amide bonds. The van der Waals surface area contributed by atoms with Crippen molar-refractivity contribution in [2.45, 2.75) is 0 Å². The molecule has 1 N–H and O–H groups in total. The van der Waals surface area contributed by atoms with Gasteiger partial charge in [0.2, 0.25) is 17.1 Å². The lowest BCUT2D eigenvalue weighted by Crippen LogP contribution is -2.10. The zero-order valence-electron chi connectivity index (χ0n) is 9.78. The molecule has 0 atom stereocenters. The van der Waals surface area contributed by atoms with Gasteiger partial charge in [0.15, 0.2) is 0 Å². The number of carbonyl (C=O) groups is 1. The summed E-state index contributed by atoms with van der Waals surface area (Å²) in [5.41, 5.74) is -3.09. The highest BCUT2D eigenvalue weighted by atomic mass is 16.6. The minimum Gasteiger partial charge on any atom is -0.490 e. The molecule has 0 radical (unpaired) electrons. The summed E-state index contributed by atoms with van der Waals surface area (Å²) in [7, 11) is 2.14. The SMILES string of the molecule is COc1cc(OC)c([N+](=O)[O-])c(C(=O)O)c1[N+](=O)[O-]. The van der Waals surface area contributed by atoms with Crippen LogP contribution in [-0.2, 0) is 0 Å². The molecule has 102 valence electrons. The summed E-state index contributed by atoms with van der Waals surface area (Å²) in [4.78, 5) is 30.7. The van der Waals surface area contributed by atoms with Crippen molar-refractivity contribution in [3.8, 4) is 11.5 Å². The van der Waals surface area contributed by atoms with Crippen molar-refractivity contribution in [1.82, 2.24) is 0 Å². The van der Waals surface area contributed by atoms with E-state index < -0.39 is 44.3 Å². The molecule has 1 aromatic carbocycles. The Hall–Kier alpha value is -2.91. The monoisotopic (exact) mass is 272 g/mol. The number of hydrogen-bond acceptors (Lipinski definition) is 7. The lowest BCUT2D eigenvalue weighted by molar-refractivity contribution is -0.395. The van der Waals surface area contributed by atoms with Crippen molar-refractivity contribution in [2.24, 2.45) is 0 Å². The molecular weight excluding hydrogens is 264 g/mol. The van der Waals surface area contributed by atoms with E-state index in [-0.39, 0.29) is 0 Å². The van der Waals surface area contributed by atoms with E-state index in [0.717, 1.165) is 20.3 Å². The van der Waals surface area contributed by atoms with Crippen molar-refractivity contribution >= 4 is 17.3 Å². The predicted octanol–water partition coefficient (Wildman–Crippen LogP) is 1.22. The number of aromatic carboxylic acids is 1. The normalized spacial score (nSPS) is 9.79. The Labute approximate surface area is 105 Å². The predicted molar refractivity (Wildman–Crippen MR) is 59.8 cm³/mol. The number of ether oxygens (including phenoxy) is 2. The van der Waals surface area contributed by atoms with E-state index in [4.69, 9.17) is 5.11 Å². The van der Waals surface area contributed by atoms with Crippen LogP contribution in [0.15, 0.2) is 6.07 Å². The van der Waals surface area contributed by atoms with Crippen molar-refractivity contribution < 1.29 is 29.2 Å². The second-order valence-corrected chi connectivity index (χ2v) is 3.17. The second-order valence-electron chi connectivity index (χ2n) is 3.17. The molecule has 0 saturated heterocycles. The van der Waals surface area contributed by atoms with Gasteiger partial charge in [0.1, 0.15) is 0 Å². The highest BCUT2D eigenvalue weighted by Crippen LogP contribution is 2.43. The molecule has 0 saturated carbocycles. The summed E-state index contributed by atoms with van der Waals surface area (Å²) in [6.45, 7) is 0. The third-order valence-corrected chi connectivity index (χ3v) is 2.22. The number of nitro benzene ring substituents is 2. The average molecular weight is 272 g/mol. The van der Waals surface area contributed by atoms with Crippen molar-refractivity contribution in [3.63, 3.8) is 0 Å². The van der Waals surface area contributed by atoms with Gasteiger partial charge in [0.05, 0.1) is 24.1 Å². The van der Waals surface area contributed by atoms with Crippen molar-refractivity contribution in [1.29, 1.82) is 0 Å². The number of benzene rings is 1. The number of nitro groups is 2. The van der Waals surface area contributed by atoms with Gasteiger partial charge in [-0.3, -0.25) is 20.2 Å². The molecule has 0 fully saturated rings. The van der Waals surface area contributed by atoms with Crippen LogP contribution in [0.25, 0.3) is 0 Å². The average Bonchev–Trinajstić information content (AvgIpc) is 2.35. The van der Waals surface area contributed by atoms with Gasteiger partial charge < -0.3 is 14.6 Å². The summed E-state index contributed by atoms with van der Waals surface area (Å²) in [5, 5.41) is 30.7. The topological polar surface area (TPSA) is 142 Å². The number of rotatable bonds is 5. The Kier molecular flexibility index (Phi) is 3.85. The summed E-state index contributed by atoms with van der Waals surface area (Å²) in [6.07, 6.45) is 0. The van der Waals surface area contributed by atoms with Crippen LogP contribution in [0.2, 0.25) is 0 Å². The Morgan fingerprint density at radius 2 is 1.47 bits per heavy atom. The molecular formula is C9H8N2O8. The van der Waals surface area contributed by atoms with Gasteiger partial charge in [-0.1, -0.05) is 0 Å². The molecule has 0 bridgehead atoms. The van der Waals surface area contributed by atoms with Gasteiger partial charge >= 0.3 is 17.3 Å². The van der Waals surface area contributed by atoms with Crippen LogP contribution in [-0.4, -0.2) is 35.1 Å². The maximum atomic E-state index is 11.1. The van der Waals surface area contributed by atoms with E-state index in [1.165, 1.54) is 0 Å². The van der Waals surface area contributed by atoms with E-state index in [1.807, 2.05) is 0 Å². The molecule has 0 heterocycles. The third kappa shape index (κ3) is 2.36. The standard InChI is InChI=1S/C9H8N2O8/c1-18-4-3-5(19-2)8(11(16)17)6(9(12)13)7(4)10(14)15/h3H,1-2H3,(H,12,13). The van der Waals surface area contributed by atoms with Gasteiger partial charge in [-0.2, -0.15) is 0 Å². The fraction of sp³-hybridized carbons (Fsp3) is 0.222. The largest absolute Gasteiger partial charge is 0.490 e. The van der Waals surface area contributed by atoms with Crippen LogP contribution >= 0.6 is 0 Å². The molecule has 0 aliphatic rings. The fourth-order valence-electron chi connectivity index (χ4n) is 1.49. The minimum absolute atomic E-state index is 0.440. The van der Waals surface area contributed by atoms with Crippen molar-refractivity contribution in [2.75, 3.05) is 14.2 Å². The smallest absolute Gasteiger partial charge is 0.350 e. The van der Waals surface area contributed by atoms with E-state index in [0.29, 0.717) is 0 Å². The fourth-order valence-corrected chi connectivity index (χ4v) is 1.49. The van der Waals surface area contributed by atoms with Gasteiger partial charge in [-0.25, -0.2) is 4.79 Å². The summed E-state index contributed by atoms with van der Waals surface area (Å²) in [6, 6.07) is 0.892. The number of nitrogens with zero attached hydrogens (tertiary/aromatic N) is 2. The van der Waals surface area contributed by atoms with E-state index in [9.17, 15) is 25.0 Å². The zero-order valence-corrected chi connectivity index (χ0v) is 9.78. The number of hydrogen-bond donors (Lipinski definition) is 1. The molecule has 0 aliphatic heterocycles.